The van der Waals surface area contributed by atoms with Gasteiger partial charge in [0.15, 0.2) is 6.10 Å². The summed E-state index contributed by atoms with van der Waals surface area (Å²) < 4.78 is 5.79. The summed E-state index contributed by atoms with van der Waals surface area (Å²) in [5.74, 6) is 1.19. The largest absolute Gasteiger partial charge is 0.481 e. The van der Waals surface area contributed by atoms with Gasteiger partial charge in [-0.3, -0.25) is 9.78 Å². The summed E-state index contributed by atoms with van der Waals surface area (Å²) in [7, 11) is 0. The van der Waals surface area contributed by atoms with Crippen molar-refractivity contribution in [1.29, 1.82) is 0 Å². The minimum absolute atomic E-state index is 0.0546. The molecule has 0 saturated carbocycles. The Morgan fingerprint density at radius 3 is 2.57 bits per heavy atom. The fourth-order valence-corrected chi connectivity index (χ4v) is 4.49. The zero-order valence-electron chi connectivity index (χ0n) is 15.8. The van der Waals surface area contributed by atoms with Gasteiger partial charge in [0.1, 0.15) is 5.75 Å². The number of para-hydroxylation sites is 1. The number of piperidine rings is 1. The fourth-order valence-electron chi connectivity index (χ4n) is 3.49. The van der Waals surface area contributed by atoms with Crippen molar-refractivity contribution >= 4 is 17.2 Å². The van der Waals surface area contributed by atoms with E-state index in [4.69, 9.17) is 9.72 Å². The van der Waals surface area contributed by atoms with Crippen molar-refractivity contribution in [3.63, 3.8) is 0 Å². The molecule has 1 amide bonds. The molecule has 1 saturated heterocycles. The molecule has 0 aliphatic carbocycles. The van der Waals surface area contributed by atoms with Crippen LogP contribution in [0, 0.1) is 0 Å². The van der Waals surface area contributed by atoms with E-state index in [0.717, 1.165) is 47.9 Å². The highest BCUT2D eigenvalue weighted by atomic mass is 32.1. The number of carbonyl (C=O) groups excluding carboxylic acids is 1. The van der Waals surface area contributed by atoms with Crippen molar-refractivity contribution in [2.24, 2.45) is 0 Å². The van der Waals surface area contributed by atoms with Gasteiger partial charge in [0, 0.05) is 42.3 Å². The van der Waals surface area contributed by atoms with Crippen LogP contribution in [0.5, 0.6) is 5.75 Å². The SMILES string of the molecule is CC(Oc1ccccc1)C(=O)N1CCC(c2nc(-c3ccncc3)cs2)CC1. The van der Waals surface area contributed by atoms with E-state index in [0.29, 0.717) is 5.92 Å². The lowest BCUT2D eigenvalue weighted by Crippen LogP contribution is -2.44. The quantitative estimate of drug-likeness (QED) is 0.646. The van der Waals surface area contributed by atoms with Crippen molar-refractivity contribution in [2.45, 2.75) is 31.8 Å². The number of carbonyl (C=O) groups is 1. The summed E-state index contributed by atoms with van der Waals surface area (Å²) in [5, 5.41) is 3.27. The maximum absolute atomic E-state index is 12.7. The molecule has 1 unspecified atom stereocenters. The molecule has 3 aromatic rings. The van der Waals surface area contributed by atoms with E-state index in [1.54, 1.807) is 23.7 Å². The molecular formula is C22H23N3O2S. The Balaban J connectivity index is 1.33. The van der Waals surface area contributed by atoms with Crippen LogP contribution >= 0.6 is 11.3 Å². The molecular weight excluding hydrogens is 370 g/mol. The molecule has 4 rings (SSSR count). The highest BCUT2D eigenvalue weighted by Gasteiger charge is 2.29. The Labute approximate surface area is 169 Å². The molecule has 0 N–H and O–H groups in total. The van der Waals surface area contributed by atoms with Crippen LogP contribution in [-0.2, 0) is 4.79 Å². The lowest BCUT2D eigenvalue weighted by Gasteiger charge is -2.32. The fraction of sp³-hybridized carbons (Fsp3) is 0.318. The van der Waals surface area contributed by atoms with Crippen LogP contribution in [0.1, 0.15) is 30.7 Å². The van der Waals surface area contributed by atoms with Crippen molar-refractivity contribution in [1.82, 2.24) is 14.9 Å². The normalized spacial score (nSPS) is 16.0. The number of nitrogens with zero attached hydrogens (tertiary/aromatic N) is 3. The van der Waals surface area contributed by atoms with Crippen molar-refractivity contribution < 1.29 is 9.53 Å². The van der Waals surface area contributed by atoms with Crippen molar-refractivity contribution in [3.8, 4) is 17.0 Å². The van der Waals surface area contributed by atoms with E-state index >= 15 is 0 Å². The standard InChI is InChI=1S/C22H23N3O2S/c1-16(27-19-5-3-2-4-6-19)22(26)25-13-9-18(10-14-25)21-24-20(15-28-21)17-7-11-23-12-8-17/h2-8,11-12,15-16,18H,9-10,13-14H2,1H3. The number of hydrogen-bond acceptors (Lipinski definition) is 5. The van der Waals surface area contributed by atoms with Crippen LogP contribution < -0.4 is 4.74 Å². The Kier molecular flexibility index (Phi) is 5.67. The second-order valence-corrected chi connectivity index (χ2v) is 7.87. The summed E-state index contributed by atoms with van der Waals surface area (Å²) >= 11 is 1.71. The number of likely N-dealkylation sites (tertiary alicyclic amines) is 1. The molecule has 1 fully saturated rings. The number of thiazole rings is 1. The second kappa shape index (κ2) is 8.52. The molecule has 0 radical (unpaired) electrons. The van der Waals surface area contributed by atoms with Gasteiger partial charge < -0.3 is 9.64 Å². The monoisotopic (exact) mass is 393 g/mol. The first-order chi connectivity index (χ1) is 13.7. The minimum Gasteiger partial charge on any atom is -0.481 e. The number of ether oxygens (including phenoxy) is 1. The molecule has 5 nitrogen and oxygen atoms in total. The van der Waals surface area contributed by atoms with Crippen LogP contribution in [0.3, 0.4) is 0 Å². The highest BCUT2D eigenvalue weighted by Crippen LogP contribution is 2.33. The molecule has 6 heteroatoms. The van der Waals surface area contributed by atoms with Gasteiger partial charge in [0.25, 0.3) is 5.91 Å². The maximum Gasteiger partial charge on any atom is 0.263 e. The van der Waals surface area contributed by atoms with Gasteiger partial charge in [-0.05, 0) is 44.0 Å². The van der Waals surface area contributed by atoms with E-state index in [2.05, 4.69) is 10.4 Å². The number of hydrogen-bond donors (Lipinski definition) is 0. The third-order valence-electron chi connectivity index (χ3n) is 5.06. The third-order valence-corrected chi connectivity index (χ3v) is 6.06. The number of aromatic nitrogens is 2. The predicted molar refractivity (Wildman–Crippen MR) is 110 cm³/mol. The van der Waals surface area contributed by atoms with Gasteiger partial charge in [0.2, 0.25) is 0 Å². The summed E-state index contributed by atoms with van der Waals surface area (Å²) in [4.78, 5) is 23.5. The molecule has 144 valence electrons. The Morgan fingerprint density at radius 1 is 1.14 bits per heavy atom. The lowest BCUT2D eigenvalue weighted by molar-refractivity contribution is -0.139. The molecule has 1 aliphatic rings. The molecule has 1 aromatic carbocycles. The first-order valence-corrected chi connectivity index (χ1v) is 10.4. The number of rotatable bonds is 5. The van der Waals surface area contributed by atoms with Gasteiger partial charge in [-0.25, -0.2) is 4.98 Å². The van der Waals surface area contributed by atoms with Gasteiger partial charge in [-0.2, -0.15) is 0 Å². The third kappa shape index (κ3) is 4.22. The number of pyridine rings is 1. The second-order valence-electron chi connectivity index (χ2n) is 6.98. The average molecular weight is 394 g/mol. The summed E-state index contributed by atoms with van der Waals surface area (Å²) in [6.07, 6.45) is 4.98. The number of amides is 1. The molecule has 0 spiro atoms. The first-order valence-electron chi connectivity index (χ1n) is 9.57. The van der Waals surface area contributed by atoms with Crippen molar-refractivity contribution in [3.05, 3.63) is 65.2 Å². The van der Waals surface area contributed by atoms with Gasteiger partial charge in [-0.1, -0.05) is 18.2 Å². The molecule has 2 aromatic heterocycles. The van der Waals surface area contributed by atoms with Gasteiger partial charge in [0.05, 0.1) is 10.7 Å². The van der Waals surface area contributed by atoms with Crippen LogP contribution in [-0.4, -0.2) is 40.0 Å². The predicted octanol–water partition coefficient (Wildman–Crippen LogP) is 4.38. The highest BCUT2D eigenvalue weighted by molar-refractivity contribution is 7.10. The Hall–Kier alpha value is -2.73. The van der Waals surface area contributed by atoms with E-state index in [-0.39, 0.29) is 5.91 Å². The first kappa shape index (κ1) is 18.6. The minimum atomic E-state index is -0.475. The van der Waals surface area contributed by atoms with E-state index in [1.807, 2.05) is 54.3 Å². The number of benzene rings is 1. The molecule has 3 heterocycles. The lowest BCUT2D eigenvalue weighted by atomic mass is 9.97. The zero-order valence-corrected chi connectivity index (χ0v) is 16.6. The van der Waals surface area contributed by atoms with Crippen LogP contribution in [0.4, 0.5) is 0 Å². The summed E-state index contributed by atoms with van der Waals surface area (Å²) in [5.41, 5.74) is 2.10. The molecule has 28 heavy (non-hydrogen) atoms. The molecule has 0 bridgehead atoms. The van der Waals surface area contributed by atoms with Gasteiger partial charge >= 0.3 is 0 Å². The van der Waals surface area contributed by atoms with E-state index in [1.165, 1.54) is 0 Å². The summed E-state index contributed by atoms with van der Waals surface area (Å²) in [6.45, 7) is 3.32. The average Bonchev–Trinajstić information content (AvgIpc) is 3.25. The van der Waals surface area contributed by atoms with Gasteiger partial charge in [-0.15, -0.1) is 11.3 Å². The topological polar surface area (TPSA) is 55.3 Å². The maximum atomic E-state index is 12.7. The van der Waals surface area contributed by atoms with Crippen molar-refractivity contribution in [2.75, 3.05) is 13.1 Å². The zero-order chi connectivity index (χ0) is 19.3. The smallest absolute Gasteiger partial charge is 0.263 e. The van der Waals surface area contributed by atoms with E-state index in [9.17, 15) is 4.79 Å². The summed E-state index contributed by atoms with van der Waals surface area (Å²) in [6, 6.07) is 13.5. The van der Waals surface area contributed by atoms with Crippen LogP contribution in [0.2, 0.25) is 0 Å². The molecule has 1 atom stereocenters. The Morgan fingerprint density at radius 2 is 1.86 bits per heavy atom. The molecule has 1 aliphatic heterocycles. The Bertz CT molecular complexity index is 906. The van der Waals surface area contributed by atoms with Crippen LogP contribution in [0.25, 0.3) is 11.3 Å². The van der Waals surface area contributed by atoms with E-state index < -0.39 is 6.10 Å². The van der Waals surface area contributed by atoms with Crippen LogP contribution in [0.15, 0.2) is 60.2 Å².